The quantitative estimate of drug-likeness (QED) is 0.436. The van der Waals surface area contributed by atoms with E-state index in [0.717, 1.165) is 6.47 Å². The average molecular weight is 88.1 g/mol. The van der Waals surface area contributed by atoms with E-state index in [0.29, 0.717) is 0 Å². The molecule has 0 saturated heterocycles. The number of hydrogen-bond acceptors (Lipinski definition) is 2. The summed E-state index contributed by atoms with van der Waals surface area (Å²) in [6.45, 7) is 0.673. The highest BCUT2D eigenvalue weighted by Crippen LogP contribution is 1.60. The van der Waals surface area contributed by atoms with E-state index in [9.17, 15) is 5.11 Å². The predicted octanol–water partition coefficient (Wildman–Crippen LogP) is -0.499. The molecule has 0 fully saturated rings. The highest BCUT2D eigenvalue weighted by molar-refractivity contribution is 5.37. The van der Waals surface area contributed by atoms with Crippen LogP contribution in [0.4, 0.5) is 0 Å². The summed E-state index contributed by atoms with van der Waals surface area (Å²) in [6.07, 6.45) is 0. The summed E-state index contributed by atoms with van der Waals surface area (Å²) in [4.78, 5) is 9.08. The molecule has 0 aromatic carbocycles. The minimum absolute atomic E-state index is 0.0660. The van der Waals surface area contributed by atoms with Crippen molar-refractivity contribution in [2.75, 3.05) is 13.2 Å². The molecule has 0 bridgehead atoms. The summed E-state index contributed by atoms with van der Waals surface area (Å²) in [7, 11) is 0. The first-order valence-corrected chi connectivity index (χ1v) is 1.49. The highest BCUT2D eigenvalue weighted by atomic mass is 16.5. The summed E-state index contributed by atoms with van der Waals surface area (Å²) in [5, 5.41) is 9.38. The Hall–Kier alpha value is -0.570. The minimum atomic E-state index is -0.380. The van der Waals surface area contributed by atoms with Gasteiger partial charge in [0.25, 0.3) is 0 Å². The summed E-state index contributed by atoms with van der Waals surface area (Å²) < 4.78 is 3.86. The van der Waals surface area contributed by atoms with Crippen LogP contribution in [0.3, 0.4) is 0 Å². The molecule has 0 aliphatic carbocycles. The summed E-state index contributed by atoms with van der Waals surface area (Å²) >= 11 is 0. The third-order valence-electron chi connectivity index (χ3n) is 0.244. The van der Waals surface area contributed by atoms with Gasteiger partial charge in [0.05, 0.1) is 0 Å². The predicted molar refractivity (Wildman–Crippen MR) is 17.2 cm³/mol. The molecule has 34 valence electrons. The molecule has 3 heteroatoms. The van der Waals surface area contributed by atoms with Crippen molar-refractivity contribution in [3.63, 3.8) is 0 Å². The molecule has 0 saturated carbocycles. The zero-order chi connectivity index (χ0) is 4.83. The molecular weight excluding hydrogens is 84.0 g/mol. The molecule has 0 aliphatic heterocycles. The first-order chi connectivity index (χ1) is 2.91. The van der Waals surface area contributed by atoms with Gasteiger partial charge < -0.3 is 4.74 Å². The van der Waals surface area contributed by atoms with Gasteiger partial charge in [0, 0.05) is 0 Å². The fourth-order valence-electron chi connectivity index (χ4n) is 0.0833. The maximum atomic E-state index is 9.38. The van der Waals surface area contributed by atoms with Gasteiger partial charge in [-0.05, 0) is 0 Å². The number of rotatable bonds is 3. The third-order valence-corrected chi connectivity index (χ3v) is 0.244. The molecule has 0 rings (SSSR count). The lowest BCUT2D eigenvalue weighted by atomic mass is 10.8. The molecule has 0 aliphatic rings. The summed E-state index contributed by atoms with van der Waals surface area (Å²) in [5.74, 6) is 0. The van der Waals surface area contributed by atoms with Crippen LogP contribution in [-0.2, 0) is 14.6 Å². The SMILES string of the molecule is [O]CCO[C]=O. The van der Waals surface area contributed by atoms with Gasteiger partial charge in [-0.25, -0.2) is 9.90 Å². The van der Waals surface area contributed by atoms with Crippen LogP contribution in [0.1, 0.15) is 0 Å². The molecule has 0 aromatic rings. The lowest BCUT2D eigenvalue weighted by Gasteiger charge is -1.82. The van der Waals surface area contributed by atoms with Crippen molar-refractivity contribution in [3.8, 4) is 0 Å². The van der Waals surface area contributed by atoms with Crippen molar-refractivity contribution < 1.29 is 14.6 Å². The monoisotopic (exact) mass is 88.0 g/mol. The third kappa shape index (κ3) is 3.43. The van der Waals surface area contributed by atoms with Gasteiger partial charge >= 0.3 is 6.47 Å². The topological polar surface area (TPSA) is 46.2 Å². The Kier molecular flexibility index (Phi) is 4.01. The average Bonchev–Trinajstić information content (AvgIpc) is 1.61. The Labute approximate surface area is 35.5 Å². The van der Waals surface area contributed by atoms with Gasteiger partial charge in [-0.15, -0.1) is 0 Å². The summed E-state index contributed by atoms with van der Waals surface area (Å²) in [5.41, 5.74) is 0. The van der Waals surface area contributed by atoms with Crippen molar-refractivity contribution in [1.29, 1.82) is 0 Å². The molecule has 3 nitrogen and oxygen atoms in total. The lowest BCUT2D eigenvalue weighted by molar-refractivity contribution is 0.129. The standard InChI is InChI=1S/C3H4O3/c4-1-2-6-3-5/h1-2H2. The molecule has 0 atom stereocenters. The Balaban J connectivity index is 2.49. The van der Waals surface area contributed by atoms with E-state index in [4.69, 9.17) is 4.79 Å². The van der Waals surface area contributed by atoms with E-state index < -0.39 is 0 Å². The number of carbonyl (C=O) groups excluding carboxylic acids is 1. The van der Waals surface area contributed by atoms with Crippen LogP contribution in [0.15, 0.2) is 0 Å². The number of hydrogen-bond donors (Lipinski definition) is 0. The molecule has 0 N–H and O–H groups in total. The number of ether oxygens (including phenoxy) is 1. The van der Waals surface area contributed by atoms with E-state index in [1.54, 1.807) is 0 Å². The van der Waals surface area contributed by atoms with Crippen molar-refractivity contribution in [3.05, 3.63) is 0 Å². The Bertz CT molecular complexity index is 35.0. The highest BCUT2D eigenvalue weighted by Gasteiger charge is 1.76. The van der Waals surface area contributed by atoms with E-state index in [2.05, 4.69) is 4.74 Å². The first kappa shape index (κ1) is 5.43. The van der Waals surface area contributed by atoms with Crippen LogP contribution in [0, 0.1) is 0 Å². The van der Waals surface area contributed by atoms with Crippen LogP contribution >= 0.6 is 0 Å². The Morgan fingerprint density at radius 3 is 2.50 bits per heavy atom. The molecule has 6 heavy (non-hydrogen) atoms. The molecule has 2 radical (unpaired) electrons. The molecule has 0 spiro atoms. The first-order valence-electron chi connectivity index (χ1n) is 1.49. The molecule has 0 heterocycles. The van der Waals surface area contributed by atoms with E-state index >= 15 is 0 Å². The summed E-state index contributed by atoms with van der Waals surface area (Å²) in [6, 6.07) is 0. The van der Waals surface area contributed by atoms with Crippen molar-refractivity contribution in [1.82, 2.24) is 0 Å². The zero-order valence-corrected chi connectivity index (χ0v) is 3.14. The van der Waals surface area contributed by atoms with Gasteiger partial charge in [-0.3, -0.25) is 0 Å². The largest absolute Gasteiger partial charge is 0.455 e. The van der Waals surface area contributed by atoms with E-state index in [1.165, 1.54) is 0 Å². The Morgan fingerprint density at radius 1 is 1.67 bits per heavy atom. The normalized spacial score (nSPS) is 7.50. The van der Waals surface area contributed by atoms with Crippen molar-refractivity contribution in [2.45, 2.75) is 0 Å². The van der Waals surface area contributed by atoms with Crippen LogP contribution in [0.25, 0.3) is 0 Å². The zero-order valence-electron chi connectivity index (χ0n) is 3.14. The van der Waals surface area contributed by atoms with Gasteiger partial charge in [0.1, 0.15) is 13.2 Å². The maximum Gasteiger partial charge on any atom is 0.417 e. The Morgan fingerprint density at radius 2 is 2.33 bits per heavy atom. The van der Waals surface area contributed by atoms with Crippen molar-refractivity contribution >= 4 is 6.47 Å². The van der Waals surface area contributed by atoms with Crippen LogP contribution < -0.4 is 0 Å². The fraction of sp³-hybridized carbons (Fsp3) is 0.667. The van der Waals surface area contributed by atoms with E-state index in [-0.39, 0.29) is 13.2 Å². The van der Waals surface area contributed by atoms with Gasteiger partial charge in [0.2, 0.25) is 0 Å². The minimum Gasteiger partial charge on any atom is -0.455 e. The fourth-order valence-corrected chi connectivity index (χ4v) is 0.0833. The molecule has 0 aromatic heterocycles. The van der Waals surface area contributed by atoms with Crippen LogP contribution in [0.2, 0.25) is 0 Å². The van der Waals surface area contributed by atoms with Gasteiger partial charge in [-0.2, -0.15) is 0 Å². The molecular formula is C3H4O3. The van der Waals surface area contributed by atoms with Crippen LogP contribution in [-0.4, -0.2) is 19.7 Å². The lowest BCUT2D eigenvalue weighted by Crippen LogP contribution is -1.93. The van der Waals surface area contributed by atoms with Gasteiger partial charge in [-0.1, -0.05) is 0 Å². The second-order valence-corrected chi connectivity index (χ2v) is 0.636. The van der Waals surface area contributed by atoms with Crippen molar-refractivity contribution in [2.24, 2.45) is 0 Å². The molecule has 0 amide bonds. The smallest absolute Gasteiger partial charge is 0.417 e. The maximum absolute atomic E-state index is 9.38. The molecule has 0 unspecified atom stereocenters. The van der Waals surface area contributed by atoms with Gasteiger partial charge in [0.15, 0.2) is 0 Å². The second-order valence-electron chi connectivity index (χ2n) is 0.636. The van der Waals surface area contributed by atoms with E-state index in [1.807, 2.05) is 0 Å². The van der Waals surface area contributed by atoms with Crippen LogP contribution in [0.5, 0.6) is 0 Å². The second kappa shape index (κ2) is 4.43.